The quantitative estimate of drug-likeness (QED) is 0.364. The Bertz CT molecular complexity index is 1690. The van der Waals surface area contributed by atoms with E-state index in [1.807, 2.05) is 13.0 Å². The molecule has 0 bridgehead atoms. The highest BCUT2D eigenvalue weighted by Crippen LogP contribution is 2.41. The minimum atomic E-state index is -3.94. The van der Waals surface area contributed by atoms with Crippen LogP contribution in [0.25, 0.3) is 11.8 Å². The Morgan fingerprint density at radius 2 is 1.92 bits per heavy atom. The smallest absolute Gasteiger partial charge is 0.245 e. The summed E-state index contributed by atoms with van der Waals surface area (Å²) in [5, 5.41) is 4.53. The van der Waals surface area contributed by atoms with Gasteiger partial charge < -0.3 is 4.57 Å². The molecule has 1 aliphatic carbocycles. The zero-order valence-electron chi connectivity index (χ0n) is 21.0. The number of carbonyl (C=O) groups is 1. The molecule has 0 saturated carbocycles. The average molecular weight is 532 g/mol. The van der Waals surface area contributed by atoms with Crippen LogP contribution in [0.3, 0.4) is 0 Å². The molecule has 4 heterocycles. The first-order valence-corrected chi connectivity index (χ1v) is 13.8. The van der Waals surface area contributed by atoms with E-state index in [1.54, 1.807) is 71.4 Å². The van der Waals surface area contributed by atoms with Crippen molar-refractivity contribution in [3.8, 4) is 5.69 Å². The van der Waals surface area contributed by atoms with Gasteiger partial charge in [0, 0.05) is 38.1 Å². The number of hydrogen-bond donors (Lipinski definition) is 0. The van der Waals surface area contributed by atoms with E-state index >= 15 is 0 Å². The molecule has 194 valence electrons. The van der Waals surface area contributed by atoms with Crippen molar-refractivity contribution in [2.45, 2.75) is 30.7 Å². The van der Waals surface area contributed by atoms with Crippen molar-refractivity contribution >= 4 is 21.9 Å². The molecule has 1 unspecified atom stereocenters. The number of halogens is 1. The van der Waals surface area contributed by atoms with E-state index in [9.17, 15) is 17.6 Å². The Balaban J connectivity index is 1.44. The Hall–Kier alpha value is -3.89. The van der Waals surface area contributed by atoms with E-state index in [2.05, 4.69) is 10.1 Å². The molecule has 1 aliphatic heterocycles. The van der Waals surface area contributed by atoms with Crippen LogP contribution in [0.1, 0.15) is 33.7 Å². The molecule has 0 radical (unpaired) electrons. The maximum absolute atomic E-state index is 14.0. The van der Waals surface area contributed by atoms with Crippen molar-refractivity contribution in [2.24, 2.45) is 13.0 Å². The van der Waals surface area contributed by atoms with E-state index in [0.29, 0.717) is 12.8 Å². The van der Waals surface area contributed by atoms with Crippen LogP contribution in [0.2, 0.25) is 0 Å². The number of aromatic nitrogens is 4. The number of ketones is 1. The number of piperidine rings is 1. The highest BCUT2D eigenvalue weighted by Gasteiger charge is 2.47. The van der Waals surface area contributed by atoms with Crippen molar-refractivity contribution in [1.29, 1.82) is 0 Å². The molecule has 2 atom stereocenters. The second kappa shape index (κ2) is 9.14. The van der Waals surface area contributed by atoms with E-state index < -0.39 is 16.1 Å². The van der Waals surface area contributed by atoms with Crippen LogP contribution in [-0.2, 0) is 23.5 Å². The Morgan fingerprint density at radius 3 is 2.63 bits per heavy atom. The normalized spacial score (nSPS) is 19.5. The fourth-order valence-electron chi connectivity index (χ4n) is 5.46. The van der Waals surface area contributed by atoms with Gasteiger partial charge in [0.05, 0.1) is 28.5 Å². The summed E-state index contributed by atoms with van der Waals surface area (Å²) in [6.45, 7) is 2.04. The van der Waals surface area contributed by atoms with Gasteiger partial charge in [0.25, 0.3) is 0 Å². The summed E-state index contributed by atoms with van der Waals surface area (Å²) in [6.07, 6.45) is 9.49. The maximum atomic E-state index is 14.0. The molecule has 0 N–H and O–H groups in total. The van der Waals surface area contributed by atoms with E-state index in [0.717, 1.165) is 28.1 Å². The van der Waals surface area contributed by atoms with Gasteiger partial charge in [-0.2, -0.15) is 9.40 Å². The van der Waals surface area contributed by atoms with Gasteiger partial charge in [-0.15, -0.1) is 0 Å². The fraction of sp³-hybridized carbons (Fsp3) is 0.250. The molecule has 1 aromatic carbocycles. The number of carbonyl (C=O) groups excluding carboxylic acids is 1. The van der Waals surface area contributed by atoms with Crippen LogP contribution in [0.4, 0.5) is 4.39 Å². The summed E-state index contributed by atoms with van der Waals surface area (Å²) in [5.74, 6) is -1.01. The van der Waals surface area contributed by atoms with Gasteiger partial charge in [-0.05, 0) is 79.4 Å². The predicted octanol–water partition coefficient (Wildman–Crippen LogP) is 3.96. The minimum Gasteiger partial charge on any atom is -0.356 e. The zero-order chi connectivity index (χ0) is 26.6. The number of rotatable bonds is 5. The van der Waals surface area contributed by atoms with Gasteiger partial charge >= 0.3 is 0 Å². The lowest BCUT2D eigenvalue weighted by molar-refractivity contribution is 0.0821. The van der Waals surface area contributed by atoms with Crippen molar-refractivity contribution in [1.82, 2.24) is 23.6 Å². The molecule has 38 heavy (non-hydrogen) atoms. The standard InChI is InChI=1S/C28H26FN5O3S/c1-18-7-10-30-25(13-18)28(35)27-24-14-20-16-31-34(22-5-3-21(29)4-6-22)26(20)15-19(24)8-12-33(27)38(36,37)23-9-11-32(2)17-23/h3-7,9-11,13,15-17,24,27H,8,12,14H2,1-2H3/t24?,27-/m0/s1. The number of fused-ring (bicyclic) bond motifs is 2. The molecular formula is C28H26FN5O3S. The lowest BCUT2D eigenvalue weighted by Gasteiger charge is -2.42. The molecule has 3 aromatic heterocycles. The third kappa shape index (κ3) is 4.10. The first-order valence-electron chi connectivity index (χ1n) is 12.4. The van der Waals surface area contributed by atoms with Crippen LogP contribution >= 0.6 is 0 Å². The molecule has 0 amide bonds. The van der Waals surface area contributed by atoms with Crippen LogP contribution in [-0.4, -0.2) is 50.4 Å². The van der Waals surface area contributed by atoms with E-state index in [-0.39, 0.29) is 34.7 Å². The van der Waals surface area contributed by atoms with E-state index in [4.69, 9.17) is 0 Å². The molecule has 4 aromatic rings. The topological polar surface area (TPSA) is 90.1 Å². The third-order valence-corrected chi connectivity index (χ3v) is 9.22. The molecular weight excluding hydrogens is 505 g/mol. The van der Waals surface area contributed by atoms with Gasteiger partial charge in [-0.1, -0.05) is 5.57 Å². The summed E-state index contributed by atoms with van der Waals surface area (Å²) < 4.78 is 45.9. The Morgan fingerprint density at radius 1 is 1.13 bits per heavy atom. The lowest BCUT2D eigenvalue weighted by atomic mass is 9.76. The first kappa shape index (κ1) is 24.4. The zero-order valence-corrected chi connectivity index (χ0v) is 21.8. The highest BCUT2D eigenvalue weighted by atomic mass is 32.2. The third-order valence-electron chi connectivity index (χ3n) is 7.36. The Labute approximate surface area is 220 Å². The lowest BCUT2D eigenvalue weighted by Crippen LogP contribution is -2.54. The number of nitrogens with zero attached hydrogens (tertiary/aromatic N) is 5. The molecule has 2 aliphatic rings. The molecule has 0 spiro atoms. The Kier molecular flexibility index (Phi) is 5.88. The van der Waals surface area contributed by atoms with Crippen LogP contribution < -0.4 is 0 Å². The predicted molar refractivity (Wildman–Crippen MR) is 140 cm³/mol. The molecule has 8 nitrogen and oxygen atoms in total. The number of sulfonamides is 1. The average Bonchev–Trinajstić information content (AvgIpc) is 3.53. The summed E-state index contributed by atoms with van der Waals surface area (Å²) >= 11 is 0. The first-order chi connectivity index (χ1) is 18.2. The van der Waals surface area contributed by atoms with Gasteiger partial charge in [0.2, 0.25) is 10.0 Å². The monoisotopic (exact) mass is 531 g/mol. The summed E-state index contributed by atoms with van der Waals surface area (Å²) in [7, 11) is -2.18. The van der Waals surface area contributed by atoms with Gasteiger partial charge in [0.1, 0.15) is 11.5 Å². The number of pyridine rings is 1. The molecule has 6 rings (SSSR count). The second-order valence-electron chi connectivity index (χ2n) is 9.88. The molecule has 10 heteroatoms. The van der Waals surface area contributed by atoms with Crippen molar-refractivity contribution < 1.29 is 17.6 Å². The van der Waals surface area contributed by atoms with Crippen LogP contribution in [0.5, 0.6) is 0 Å². The summed E-state index contributed by atoms with van der Waals surface area (Å²) in [5.41, 5.74) is 4.60. The highest BCUT2D eigenvalue weighted by molar-refractivity contribution is 7.89. The van der Waals surface area contributed by atoms with Crippen LogP contribution in [0.15, 0.2) is 77.7 Å². The minimum absolute atomic E-state index is 0.156. The number of hydrogen-bond acceptors (Lipinski definition) is 5. The fourth-order valence-corrected chi connectivity index (χ4v) is 7.14. The number of aryl methyl sites for hydroxylation is 2. The van der Waals surface area contributed by atoms with Crippen molar-refractivity contribution in [3.05, 3.63) is 101 Å². The molecule has 1 fully saturated rings. The summed E-state index contributed by atoms with van der Waals surface area (Å²) in [4.78, 5) is 18.5. The van der Waals surface area contributed by atoms with Gasteiger partial charge in [-0.3, -0.25) is 9.78 Å². The maximum Gasteiger partial charge on any atom is 0.245 e. The SMILES string of the molecule is Cc1ccnc(C(=O)[C@@H]2C3Cc4cnn(-c5ccc(F)cc5)c4C=C3CCN2S(=O)(=O)c2ccn(C)c2)c1. The summed E-state index contributed by atoms with van der Waals surface area (Å²) in [6, 6.07) is 10.2. The van der Waals surface area contributed by atoms with Gasteiger partial charge in [-0.25, -0.2) is 17.5 Å². The second-order valence-corrected chi connectivity index (χ2v) is 11.8. The van der Waals surface area contributed by atoms with E-state index in [1.165, 1.54) is 16.4 Å². The molecule has 1 saturated heterocycles. The van der Waals surface area contributed by atoms with Crippen LogP contribution in [0, 0.1) is 18.7 Å². The number of Topliss-reactive ketones (excluding diaryl/α,β-unsaturated/α-hetero) is 1. The number of benzene rings is 1. The van der Waals surface area contributed by atoms with Gasteiger partial charge in [0.15, 0.2) is 5.78 Å². The largest absolute Gasteiger partial charge is 0.356 e. The van der Waals surface area contributed by atoms with Crippen molar-refractivity contribution in [3.63, 3.8) is 0 Å². The van der Waals surface area contributed by atoms with Crippen molar-refractivity contribution in [2.75, 3.05) is 6.54 Å².